The molecule has 1 unspecified atom stereocenters. The first-order valence-electron chi connectivity index (χ1n) is 7.97. The number of methoxy groups -OCH3 is 1. The zero-order chi connectivity index (χ0) is 17.4. The van der Waals surface area contributed by atoms with Crippen LogP contribution in [-0.4, -0.2) is 38.3 Å². The number of phenolic OH excluding ortho intramolecular Hbond substituents is 1. The highest BCUT2D eigenvalue weighted by Gasteiger charge is 2.08. The van der Waals surface area contributed by atoms with Crippen molar-refractivity contribution in [2.75, 3.05) is 27.2 Å². The number of phenols is 1. The fourth-order valence-electron chi connectivity index (χ4n) is 2.34. The molecule has 24 heavy (non-hydrogen) atoms. The second-order valence-corrected chi connectivity index (χ2v) is 6.52. The van der Waals surface area contributed by atoms with Gasteiger partial charge in [-0.15, -0.1) is 11.3 Å². The number of hydrogen-bond acceptors (Lipinski definition) is 4. The number of aromatic hydroxyl groups is 1. The van der Waals surface area contributed by atoms with E-state index in [1.807, 2.05) is 12.1 Å². The maximum absolute atomic E-state index is 9.97. The number of nitrogens with one attached hydrogen (secondary N) is 2. The second-order valence-electron chi connectivity index (χ2n) is 5.54. The maximum atomic E-state index is 9.97. The minimum atomic E-state index is 0.255. The molecular weight excluding hydrogens is 322 g/mol. The molecule has 3 N–H and O–H groups in total. The zero-order valence-corrected chi connectivity index (χ0v) is 15.2. The number of ether oxygens (including phenoxy) is 1. The molecule has 5 nitrogen and oxygen atoms in total. The molecule has 0 saturated heterocycles. The predicted molar refractivity (Wildman–Crippen MR) is 100 cm³/mol. The van der Waals surface area contributed by atoms with Crippen molar-refractivity contribution in [3.8, 4) is 11.5 Å². The summed E-state index contributed by atoms with van der Waals surface area (Å²) in [7, 11) is 3.35. The van der Waals surface area contributed by atoms with E-state index >= 15 is 0 Å². The number of guanidine groups is 1. The summed E-state index contributed by atoms with van der Waals surface area (Å²) in [5, 5.41) is 18.7. The van der Waals surface area contributed by atoms with Crippen molar-refractivity contribution >= 4 is 17.3 Å². The molecule has 0 fully saturated rings. The summed E-state index contributed by atoms with van der Waals surface area (Å²) in [6, 6.07) is 9.59. The van der Waals surface area contributed by atoms with Crippen LogP contribution in [0.1, 0.15) is 23.3 Å². The van der Waals surface area contributed by atoms with E-state index < -0.39 is 0 Å². The summed E-state index contributed by atoms with van der Waals surface area (Å²) in [6.45, 7) is 3.71. The third-order valence-electron chi connectivity index (χ3n) is 3.81. The Labute approximate surface area is 147 Å². The van der Waals surface area contributed by atoms with Gasteiger partial charge in [0.2, 0.25) is 0 Å². The highest BCUT2D eigenvalue weighted by molar-refractivity contribution is 7.10. The van der Waals surface area contributed by atoms with E-state index in [0.717, 1.165) is 18.1 Å². The molecule has 0 saturated carbocycles. The molecule has 0 radical (unpaired) electrons. The Morgan fingerprint density at radius 3 is 2.79 bits per heavy atom. The first-order chi connectivity index (χ1) is 11.6. The van der Waals surface area contributed by atoms with Gasteiger partial charge in [0.15, 0.2) is 5.96 Å². The van der Waals surface area contributed by atoms with Gasteiger partial charge >= 0.3 is 0 Å². The summed E-state index contributed by atoms with van der Waals surface area (Å²) in [5.41, 5.74) is 0.880. The molecule has 0 amide bonds. The largest absolute Gasteiger partial charge is 0.508 e. The molecule has 1 atom stereocenters. The summed E-state index contributed by atoms with van der Waals surface area (Å²) < 4.78 is 5.09. The van der Waals surface area contributed by atoms with E-state index in [0.29, 0.717) is 24.6 Å². The van der Waals surface area contributed by atoms with Crippen LogP contribution in [0.4, 0.5) is 0 Å². The van der Waals surface area contributed by atoms with Crippen molar-refractivity contribution < 1.29 is 9.84 Å². The van der Waals surface area contributed by atoms with Gasteiger partial charge in [0, 0.05) is 37.0 Å². The van der Waals surface area contributed by atoms with Crippen LogP contribution in [-0.2, 0) is 6.42 Å². The standard InChI is InChI=1S/C18H25N3O2S/c1-13(17-5-4-10-24-17)12-21-18(19-2)20-9-8-14-6-7-15(23-3)11-16(14)22/h4-7,10-11,13,22H,8-9,12H2,1-3H3,(H2,19,20,21). The lowest BCUT2D eigenvalue weighted by Crippen LogP contribution is -2.39. The maximum Gasteiger partial charge on any atom is 0.191 e. The molecule has 1 aromatic heterocycles. The fourth-order valence-corrected chi connectivity index (χ4v) is 3.13. The monoisotopic (exact) mass is 347 g/mol. The molecule has 2 aromatic rings. The Morgan fingerprint density at radius 1 is 1.33 bits per heavy atom. The van der Waals surface area contributed by atoms with Gasteiger partial charge < -0.3 is 20.5 Å². The normalized spacial score (nSPS) is 12.7. The molecule has 1 heterocycles. The van der Waals surface area contributed by atoms with Crippen molar-refractivity contribution in [3.63, 3.8) is 0 Å². The van der Waals surface area contributed by atoms with Crippen molar-refractivity contribution in [2.24, 2.45) is 4.99 Å². The number of hydrogen-bond donors (Lipinski definition) is 3. The number of nitrogens with zero attached hydrogens (tertiary/aromatic N) is 1. The van der Waals surface area contributed by atoms with Gasteiger partial charge in [-0.1, -0.05) is 19.1 Å². The van der Waals surface area contributed by atoms with Crippen LogP contribution in [0.2, 0.25) is 0 Å². The fraction of sp³-hybridized carbons (Fsp3) is 0.389. The quantitative estimate of drug-likeness (QED) is 0.532. The number of rotatable bonds is 7. The molecule has 2 rings (SSSR count). The van der Waals surface area contributed by atoms with Gasteiger partial charge in [-0.3, -0.25) is 4.99 Å². The van der Waals surface area contributed by atoms with Crippen LogP contribution < -0.4 is 15.4 Å². The van der Waals surface area contributed by atoms with E-state index in [1.165, 1.54) is 4.88 Å². The van der Waals surface area contributed by atoms with Gasteiger partial charge in [-0.05, 0) is 29.5 Å². The lowest BCUT2D eigenvalue weighted by molar-refractivity contribution is 0.406. The van der Waals surface area contributed by atoms with Crippen LogP contribution in [0.25, 0.3) is 0 Å². The van der Waals surface area contributed by atoms with Gasteiger partial charge in [-0.25, -0.2) is 0 Å². The first-order valence-corrected chi connectivity index (χ1v) is 8.85. The zero-order valence-electron chi connectivity index (χ0n) is 14.4. The van der Waals surface area contributed by atoms with Crippen LogP contribution in [0.3, 0.4) is 0 Å². The van der Waals surface area contributed by atoms with Crippen LogP contribution in [0.15, 0.2) is 40.7 Å². The summed E-state index contributed by atoms with van der Waals surface area (Å²) in [5.74, 6) is 2.12. The Morgan fingerprint density at radius 2 is 2.17 bits per heavy atom. The van der Waals surface area contributed by atoms with Gasteiger partial charge in [0.05, 0.1) is 7.11 Å². The van der Waals surface area contributed by atoms with E-state index in [-0.39, 0.29) is 5.75 Å². The van der Waals surface area contributed by atoms with Gasteiger partial charge in [-0.2, -0.15) is 0 Å². The minimum absolute atomic E-state index is 0.255. The lowest BCUT2D eigenvalue weighted by atomic mass is 10.1. The average molecular weight is 347 g/mol. The van der Waals surface area contributed by atoms with E-state index in [1.54, 1.807) is 31.6 Å². The molecule has 0 spiro atoms. The lowest BCUT2D eigenvalue weighted by Gasteiger charge is -2.15. The van der Waals surface area contributed by atoms with Crippen molar-refractivity contribution in [1.29, 1.82) is 0 Å². The molecular formula is C18H25N3O2S. The predicted octanol–water partition coefficient (Wildman–Crippen LogP) is 2.97. The first kappa shape index (κ1) is 18.1. The SMILES string of the molecule is CN=C(NCCc1ccc(OC)cc1O)NCC(C)c1cccs1. The summed E-state index contributed by atoms with van der Waals surface area (Å²) >= 11 is 1.77. The molecule has 0 aliphatic carbocycles. The highest BCUT2D eigenvalue weighted by Crippen LogP contribution is 2.23. The second kappa shape index (κ2) is 9.17. The van der Waals surface area contributed by atoms with E-state index in [4.69, 9.17) is 4.74 Å². The molecule has 0 aliphatic rings. The average Bonchev–Trinajstić information content (AvgIpc) is 3.13. The van der Waals surface area contributed by atoms with Crippen molar-refractivity contribution in [1.82, 2.24) is 10.6 Å². The molecule has 130 valence electrons. The summed E-state index contributed by atoms with van der Waals surface area (Å²) in [4.78, 5) is 5.60. The molecule has 0 aliphatic heterocycles. The summed E-state index contributed by atoms with van der Waals surface area (Å²) in [6.07, 6.45) is 0.705. The van der Waals surface area contributed by atoms with Crippen molar-refractivity contribution in [2.45, 2.75) is 19.3 Å². The van der Waals surface area contributed by atoms with Crippen LogP contribution >= 0.6 is 11.3 Å². The molecule has 6 heteroatoms. The van der Waals surface area contributed by atoms with Crippen molar-refractivity contribution in [3.05, 3.63) is 46.2 Å². The molecule has 1 aromatic carbocycles. The third-order valence-corrected chi connectivity index (χ3v) is 4.91. The Kier molecular flexibility index (Phi) is 6.93. The number of benzene rings is 1. The van der Waals surface area contributed by atoms with Crippen LogP contribution in [0, 0.1) is 0 Å². The van der Waals surface area contributed by atoms with Gasteiger partial charge in [0.1, 0.15) is 11.5 Å². The number of thiophene rings is 1. The van der Waals surface area contributed by atoms with E-state index in [2.05, 4.69) is 40.1 Å². The Hall–Kier alpha value is -2.21. The molecule has 0 bridgehead atoms. The highest BCUT2D eigenvalue weighted by atomic mass is 32.1. The van der Waals surface area contributed by atoms with Gasteiger partial charge in [0.25, 0.3) is 0 Å². The minimum Gasteiger partial charge on any atom is -0.508 e. The van der Waals surface area contributed by atoms with Crippen LogP contribution in [0.5, 0.6) is 11.5 Å². The third kappa shape index (κ3) is 5.16. The topological polar surface area (TPSA) is 65.9 Å². The Bertz CT molecular complexity index is 656. The number of aliphatic imine (C=N–C) groups is 1. The Balaban J connectivity index is 1.77. The van der Waals surface area contributed by atoms with E-state index in [9.17, 15) is 5.11 Å². The smallest absolute Gasteiger partial charge is 0.191 e.